The van der Waals surface area contributed by atoms with Crippen molar-refractivity contribution >= 4 is 50.1 Å². The summed E-state index contributed by atoms with van der Waals surface area (Å²) < 4.78 is 39.1. The van der Waals surface area contributed by atoms with Crippen LogP contribution in [0.5, 0.6) is 17.6 Å². The number of nitrogens with one attached hydrogen (secondary N) is 2. The van der Waals surface area contributed by atoms with Gasteiger partial charge in [0, 0.05) is 83.0 Å². The number of aliphatic imine (C=N–C) groups is 1. The fourth-order valence-corrected chi connectivity index (χ4v) is 8.99. The van der Waals surface area contributed by atoms with E-state index in [-0.39, 0.29) is 24.2 Å². The van der Waals surface area contributed by atoms with Gasteiger partial charge in [-0.25, -0.2) is 24.9 Å². The van der Waals surface area contributed by atoms with E-state index in [0.29, 0.717) is 47.4 Å². The summed E-state index contributed by atoms with van der Waals surface area (Å²) >= 11 is 2.22. The molecular formula is C46H57IN14O6. The predicted molar refractivity (Wildman–Crippen MR) is 257 cm³/mol. The predicted octanol–water partition coefficient (Wildman–Crippen LogP) is 6.80. The van der Waals surface area contributed by atoms with Crippen LogP contribution in [0.4, 0.5) is 0 Å². The van der Waals surface area contributed by atoms with Gasteiger partial charge in [-0.3, -0.25) is 24.6 Å². The van der Waals surface area contributed by atoms with Gasteiger partial charge in [0.25, 0.3) is 0 Å². The average Bonchev–Trinajstić information content (AvgIpc) is 4.20. The number of nitrogens with zero attached hydrogens (tertiary/aromatic N) is 12. The molecule has 4 aliphatic rings. The molecule has 0 atom stereocenters. The third kappa shape index (κ3) is 10.6. The molecule has 7 aromatic rings. The molecule has 0 radical (unpaired) electrons. The van der Waals surface area contributed by atoms with Crippen molar-refractivity contribution in [1.82, 2.24) is 64.9 Å². The summed E-state index contributed by atoms with van der Waals surface area (Å²) in [5, 5.41) is 25.5. The first-order valence-corrected chi connectivity index (χ1v) is 24.1. The number of aromatic amines is 2. The highest BCUT2D eigenvalue weighted by atomic mass is 127. The quantitative estimate of drug-likeness (QED) is 0.134. The maximum absolute atomic E-state index is 6.19. The topological polar surface area (TPSA) is 225 Å². The van der Waals surface area contributed by atoms with Gasteiger partial charge >= 0.3 is 0 Å². The van der Waals surface area contributed by atoms with E-state index in [1.165, 1.54) is 0 Å². The third-order valence-electron chi connectivity index (χ3n) is 11.9. The van der Waals surface area contributed by atoms with Crippen LogP contribution >= 0.6 is 22.6 Å². The minimum absolute atomic E-state index is 0.110. The molecule has 0 amide bonds. The smallest absolute Gasteiger partial charge is 0.225 e. The van der Waals surface area contributed by atoms with Crippen LogP contribution in [0, 0.1) is 3.70 Å². The molecule has 354 valence electrons. The van der Waals surface area contributed by atoms with Crippen LogP contribution in [-0.4, -0.2) is 129 Å². The van der Waals surface area contributed by atoms with Gasteiger partial charge in [0.15, 0.2) is 5.82 Å². The minimum atomic E-state index is 0.110. The number of aryl methyl sites for hydroxylation is 2. The second-order valence-corrected chi connectivity index (χ2v) is 18.4. The lowest BCUT2D eigenvalue weighted by atomic mass is 10.1. The van der Waals surface area contributed by atoms with Crippen LogP contribution in [-0.2, 0) is 34.9 Å². The van der Waals surface area contributed by atoms with Crippen LogP contribution in [0.2, 0.25) is 0 Å². The van der Waals surface area contributed by atoms with E-state index in [2.05, 4.69) is 111 Å². The second kappa shape index (κ2) is 21.1. The Morgan fingerprint density at radius 3 is 1.63 bits per heavy atom. The van der Waals surface area contributed by atoms with Crippen LogP contribution in [0.25, 0.3) is 33.3 Å². The Morgan fingerprint density at radius 2 is 1.07 bits per heavy atom. The molecule has 4 aliphatic heterocycles. The zero-order chi connectivity index (χ0) is 46.4. The van der Waals surface area contributed by atoms with Crippen molar-refractivity contribution in [3.05, 3.63) is 69.1 Å². The van der Waals surface area contributed by atoms with Crippen molar-refractivity contribution in [3.8, 4) is 29.2 Å². The summed E-state index contributed by atoms with van der Waals surface area (Å²) in [6.45, 7) is 13.4. The molecule has 0 aliphatic carbocycles. The third-order valence-corrected chi connectivity index (χ3v) is 12.7. The van der Waals surface area contributed by atoms with Crippen LogP contribution in [0.15, 0.2) is 41.8 Å². The van der Waals surface area contributed by atoms with Gasteiger partial charge in [-0.1, -0.05) is 27.7 Å². The number of aromatic nitrogens is 13. The molecule has 3 fully saturated rings. The van der Waals surface area contributed by atoms with Crippen molar-refractivity contribution in [1.29, 1.82) is 0 Å². The molecule has 67 heavy (non-hydrogen) atoms. The fourth-order valence-electron chi connectivity index (χ4n) is 8.16. The standard InChI is InChI=1S/C17H22N6O2.C17H21N5O2.C12H14IN3O2/c1-10(2)15-19-16(21-20-15)14-13-12(23(3)22-14)4-7-18-17(13)25-11-5-8-24-9-6-11;1-10(2)15-20-16(22-21-15)14-13-11(9-19-14)3-6-18-17(13)24-12-4-7-23-8-5-12;1-16-9-2-5-14-12(10(9)11(13)15-16)18-8-3-6-17-7-4-8/h4,7,10-11H,5-6,8-9H2,1-3H3,(H,19,20,21);3,6,10,12H,4-5,7-9H2,1-2H3,(H,20,21,22);2,5,8H,3-4,6-7H2,1H3. The molecule has 20 nitrogen and oxygen atoms in total. The molecule has 3 saturated heterocycles. The summed E-state index contributed by atoms with van der Waals surface area (Å²) in [5.41, 5.74) is 5.50. The first kappa shape index (κ1) is 46.5. The number of pyridine rings is 3. The SMILES string of the molecule is CC(C)c1nc(-c2nn(C)c3ccnc(OC4CCOCC4)c23)n[nH]1.CC(C)c1nc(C2=NCc3ccnc(OC4CCOCC4)c32)n[nH]1.Cn1nc(I)c2c(OC3CCOCC3)nccc21. The van der Waals surface area contributed by atoms with Gasteiger partial charge in [-0.15, -0.1) is 0 Å². The summed E-state index contributed by atoms with van der Waals surface area (Å²) in [4.78, 5) is 27.1. The zero-order valence-corrected chi connectivity index (χ0v) is 40.9. The lowest BCUT2D eigenvalue weighted by Gasteiger charge is -2.23. The molecule has 11 heterocycles. The monoisotopic (exact) mass is 1030 g/mol. The number of rotatable bonds is 10. The highest BCUT2D eigenvalue weighted by Crippen LogP contribution is 2.34. The van der Waals surface area contributed by atoms with E-state index in [9.17, 15) is 0 Å². The van der Waals surface area contributed by atoms with Crippen molar-refractivity contribution in [2.24, 2.45) is 19.1 Å². The molecule has 2 N–H and O–H groups in total. The average molecular weight is 1030 g/mol. The van der Waals surface area contributed by atoms with E-state index in [1.807, 2.05) is 41.7 Å². The van der Waals surface area contributed by atoms with E-state index >= 15 is 0 Å². The van der Waals surface area contributed by atoms with E-state index in [1.54, 1.807) is 18.6 Å². The van der Waals surface area contributed by atoms with Crippen LogP contribution in [0.3, 0.4) is 0 Å². The highest BCUT2D eigenvalue weighted by molar-refractivity contribution is 14.1. The first-order chi connectivity index (χ1) is 32.6. The fraction of sp³-hybridized carbons (Fsp3) is 0.522. The van der Waals surface area contributed by atoms with Gasteiger partial charge in [-0.05, 0) is 46.4 Å². The maximum Gasteiger partial charge on any atom is 0.225 e. The molecule has 21 heteroatoms. The van der Waals surface area contributed by atoms with Gasteiger partial charge in [-0.2, -0.15) is 20.4 Å². The Hall–Kier alpha value is -5.65. The highest BCUT2D eigenvalue weighted by Gasteiger charge is 2.29. The minimum Gasteiger partial charge on any atom is -0.474 e. The number of fused-ring (bicyclic) bond motifs is 3. The molecule has 0 saturated carbocycles. The lowest BCUT2D eigenvalue weighted by molar-refractivity contribution is 0.0235. The van der Waals surface area contributed by atoms with Gasteiger partial charge < -0.3 is 28.4 Å². The van der Waals surface area contributed by atoms with Crippen molar-refractivity contribution < 1.29 is 28.4 Å². The first-order valence-electron chi connectivity index (χ1n) is 23.0. The maximum atomic E-state index is 6.19. The Bertz CT molecular complexity index is 2800. The molecule has 0 bridgehead atoms. The molecule has 7 aromatic heterocycles. The summed E-state index contributed by atoms with van der Waals surface area (Å²) in [6, 6.07) is 5.87. The van der Waals surface area contributed by atoms with E-state index in [4.69, 9.17) is 28.4 Å². The molecular weight excluding hydrogens is 972 g/mol. The zero-order valence-electron chi connectivity index (χ0n) is 38.7. The Kier molecular flexibility index (Phi) is 14.6. The molecule has 0 unspecified atom stereocenters. The normalized spacial score (nSPS) is 17.0. The number of halogens is 1. The number of H-pyrrole nitrogens is 2. The largest absolute Gasteiger partial charge is 0.474 e. The summed E-state index contributed by atoms with van der Waals surface area (Å²) in [7, 11) is 3.84. The second-order valence-electron chi connectivity index (χ2n) is 17.4. The number of hydrogen-bond acceptors (Lipinski definition) is 16. The Morgan fingerprint density at radius 1 is 0.612 bits per heavy atom. The molecule has 11 rings (SSSR count). The Labute approximate surface area is 401 Å². The number of ether oxygens (including phenoxy) is 6. The van der Waals surface area contributed by atoms with Crippen LogP contribution < -0.4 is 14.2 Å². The van der Waals surface area contributed by atoms with Gasteiger partial charge in [0.2, 0.25) is 23.5 Å². The van der Waals surface area contributed by atoms with E-state index < -0.39 is 0 Å². The van der Waals surface area contributed by atoms with E-state index in [0.717, 1.165) is 132 Å². The molecule has 0 aromatic carbocycles. The Balaban J connectivity index is 0.000000128. The molecule has 0 spiro atoms. The van der Waals surface area contributed by atoms with Crippen molar-refractivity contribution in [2.75, 3.05) is 39.6 Å². The van der Waals surface area contributed by atoms with Gasteiger partial charge in [0.1, 0.15) is 45.1 Å². The van der Waals surface area contributed by atoms with Crippen molar-refractivity contribution in [3.63, 3.8) is 0 Å². The van der Waals surface area contributed by atoms with Gasteiger partial charge in [0.05, 0.1) is 73.6 Å². The number of hydrogen-bond donors (Lipinski definition) is 2. The van der Waals surface area contributed by atoms with Crippen LogP contribution in [0.1, 0.15) is 107 Å². The lowest BCUT2D eigenvalue weighted by Crippen LogP contribution is -2.27. The van der Waals surface area contributed by atoms with Crippen molar-refractivity contribution in [2.45, 2.75) is 103 Å². The summed E-state index contributed by atoms with van der Waals surface area (Å²) in [5.74, 6) is 5.35. The summed E-state index contributed by atoms with van der Waals surface area (Å²) in [6.07, 6.45) is 11.1.